The van der Waals surface area contributed by atoms with Gasteiger partial charge in [-0.15, -0.1) is 0 Å². The highest BCUT2D eigenvalue weighted by Gasteiger charge is 2.37. The first-order valence-electron chi connectivity index (χ1n) is 8.45. The molecule has 3 rings (SSSR count). The SMILES string of the molecule is O=C(Cn1cc(Cl)c(C(F)(F)F)n1)N1CCN(c2ccc(C(F)(F)F)cc2)CC1. The quantitative estimate of drug-likeness (QED) is 0.679. The average molecular weight is 441 g/mol. The molecule has 29 heavy (non-hydrogen) atoms. The fourth-order valence-electron chi connectivity index (χ4n) is 2.98. The lowest BCUT2D eigenvalue weighted by Crippen LogP contribution is -2.49. The molecular formula is C17H15ClF6N4O. The van der Waals surface area contributed by atoms with Crippen molar-refractivity contribution in [3.63, 3.8) is 0 Å². The van der Waals surface area contributed by atoms with Crippen molar-refractivity contribution in [1.29, 1.82) is 0 Å². The number of halogens is 7. The van der Waals surface area contributed by atoms with Gasteiger partial charge in [0, 0.05) is 38.1 Å². The van der Waals surface area contributed by atoms with E-state index in [4.69, 9.17) is 11.6 Å². The highest BCUT2D eigenvalue weighted by atomic mass is 35.5. The van der Waals surface area contributed by atoms with Gasteiger partial charge in [-0.3, -0.25) is 9.48 Å². The largest absolute Gasteiger partial charge is 0.436 e. The second-order valence-electron chi connectivity index (χ2n) is 6.43. The van der Waals surface area contributed by atoms with Crippen LogP contribution in [0.4, 0.5) is 32.0 Å². The van der Waals surface area contributed by atoms with E-state index < -0.39 is 41.1 Å². The van der Waals surface area contributed by atoms with Crippen LogP contribution in [0, 0.1) is 0 Å². The fraction of sp³-hybridized carbons (Fsp3) is 0.412. The van der Waals surface area contributed by atoms with E-state index in [1.807, 2.05) is 4.90 Å². The molecule has 5 nitrogen and oxygen atoms in total. The van der Waals surface area contributed by atoms with Crippen molar-refractivity contribution in [2.24, 2.45) is 0 Å². The van der Waals surface area contributed by atoms with Gasteiger partial charge in [-0.1, -0.05) is 11.6 Å². The molecule has 0 unspecified atom stereocenters. The molecule has 0 spiro atoms. The molecule has 158 valence electrons. The van der Waals surface area contributed by atoms with Gasteiger partial charge in [0.2, 0.25) is 5.91 Å². The number of aromatic nitrogens is 2. The molecule has 2 heterocycles. The summed E-state index contributed by atoms with van der Waals surface area (Å²) >= 11 is 5.52. The first-order chi connectivity index (χ1) is 13.4. The van der Waals surface area contributed by atoms with Crippen molar-refractivity contribution in [3.05, 3.63) is 46.7 Å². The van der Waals surface area contributed by atoms with Crippen molar-refractivity contribution >= 4 is 23.2 Å². The average Bonchev–Trinajstić information content (AvgIpc) is 3.02. The van der Waals surface area contributed by atoms with Gasteiger partial charge in [0.15, 0.2) is 5.69 Å². The monoisotopic (exact) mass is 440 g/mol. The van der Waals surface area contributed by atoms with Gasteiger partial charge in [-0.25, -0.2) is 0 Å². The van der Waals surface area contributed by atoms with Gasteiger partial charge in [-0.2, -0.15) is 31.4 Å². The summed E-state index contributed by atoms with van der Waals surface area (Å²) in [5, 5.41) is 2.73. The molecular weight excluding hydrogens is 426 g/mol. The van der Waals surface area contributed by atoms with Crippen LogP contribution in [0.25, 0.3) is 0 Å². The van der Waals surface area contributed by atoms with Gasteiger partial charge in [-0.05, 0) is 24.3 Å². The second kappa shape index (κ2) is 7.77. The Morgan fingerprint density at radius 1 is 0.966 bits per heavy atom. The number of amides is 1. The van der Waals surface area contributed by atoms with Crippen molar-refractivity contribution in [2.45, 2.75) is 18.9 Å². The summed E-state index contributed by atoms with van der Waals surface area (Å²) in [6.45, 7) is 0.924. The van der Waals surface area contributed by atoms with E-state index in [0.29, 0.717) is 18.8 Å². The van der Waals surface area contributed by atoms with E-state index in [1.165, 1.54) is 17.0 Å². The number of rotatable bonds is 3. The molecule has 0 radical (unpaired) electrons. The predicted octanol–water partition coefficient (Wildman–Crippen LogP) is 3.92. The molecule has 1 amide bonds. The molecule has 0 N–H and O–H groups in total. The number of anilines is 1. The first-order valence-corrected chi connectivity index (χ1v) is 8.83. The Labute approximate surface area is 166 Å². The lowest BCUT2D eigenvalue weighted by molar-refractivity contribution is -0.142. The maximum atomic E-state index is 12.7. The Morgan fingerprint density at radius 2 is 1.55 bits per heavy atom. The topological polar surface area (TPSA) is 41.4 Å². The predicted molar refractivity (Wildman–Crippen MR) is 92.5 cm³/mol. The Kier molecular flexibility index (Phi) is 5.70. The molecule has 1 aromatic carbocycles. The number of hydrogen-bond donors (Lipinski definition) is 0. The van der Waals surface area contributed by atoms with Crippen LogP contribution < -0.4 is 4.90 Å². The maximum Gasteiger partial charge on any atom is 0.436 e. The fourth-order valence-corrected chi connectivity index (χ4v) is 3.24. The number of hydrogen-bond acceptors (Lipinski definition) is 3. The minimum absolute atomic E-state index is 0.279. The number of carbonyl (C=O) groups is 1. The first kappa shape index (κ1) is 21.3. The molecule has 12 heteroatoms. The minimum atomic E-state index is -4.71. The van der Waals surface area contributed by atoms with Crippen LogP contribution in [0.15, 0.2) is 30.5 Å². The molecule has 0 bridgehead atoms. The minimum Gasteiger partial charge on any atom is -0.368 e. The molecule has 1 aromatic heterocycles. The maximum absolute atomic E-state index is 12.7. The Hall–Kier alpha value is -2.43. The van der Waals surface area contributed by atoms with Crippen molar-refractivity contribution in [2.75, 3.05) is 31.1 Å². The van der Waals surface area contributed by atoms with Crippen LogP contribution in [0.5, 0.6) is 0 Å². The third kappa shape index (κ3) is 4.95. The highest BCUT2D eigenvalue weighted by molar-refractivity contribution is 6.31. The third-order valence-corrected chi connectivity index (χ3v) is 4.75. The Balaban J connectivity index is 1.57. The van der Waals surface area contributed by atoms with Gasteiger partial charge >= 0.3 is 12.4 Å². The van der Waals surface area contributed by atoms with E-state index in [1.54, 1.807) is 0 Å². The summed E-state index contributed by atoms with van der Waals surface area (Å²) in [5.74, 6) is -0.426. The van der Waals surface area contributed by atoms with E-state index in [-0.39, 0.29) is 13.1 Å². The lowest BCUT2D eigenvalue weighted by Gasteiger charge is -2.36. The molecule has 0 saturated carbocycles. The van der Waals surface area contributed by atoms with Crippen LogP contribution in [0.2, 0.25) is 5.02 Å². The molecule has 1 saturated heterocycles. The van der Waals surface area contributed by atoms with Crippen LogP contribution >= 0.6 is 11.6 Å². The number of piperazine rings is 1. The lowest BCUT2D eigenvalue weighted by atomic mass is 10.1. The van der Waals surface area contributed by atoms with Crippen molar-refractivity contribution in [3.8, 4) is 0 Å². The highest BCUT2D eigenvalue weighted by Crippen LogP contribution is 2.33. The molecule has 1 aliphatic heterocycles. The molecule has 0 atom stereocenters. The molecule has 0 aliphatic carbocycles. The van der Waals surface area contributed by atoms with Gasteiger partial charge < -0.3 is 9.80 Å². The van der Waals surface area contributed by atoms with E-state index in [0.717, 1.165) is 23.0 Å². The second-order valence-corrected chi connectivity index (χ2v) is 6.84. The van der Waals surface area contributed by atoms with Crippen molar-refractivity contribution < 1.29 is 31.1 Å². The van der Waals surface area contributed by atoms with Crippen LogP contribution in [-0.4, -0.2) is 46.8 Å². The van der Waals surface area contributed by atoms with Gasteiger partial charge in [0.25, 0.3) is 0 Å². The van der Waals surface area contributed by atoms with Gasteiger partial charge in [0.1, 0.15) is 6.54 Å². The van der Waals surface area contributed by atoms with E-state index in [9.17, 15) is 31.1 Å². The van der Waals surface area contributed by atoms with Crippen LogP contribution in [0.1, 0.15) is 11.3 Å². The summed E-state index contributed by atoms with van der Waals surface area (Å²) in [7, 11) is 0. The molecule has 1 fully saturated rings. The Morgan fingerprint density at radius 3 is 2.03 bits per heavy atom. The van der Waals surface area contributed by atoms with Crippen LogP contribution in [-0.2, 0) is 23.7 Å². The molecule has 1 aliphatic rings. The number of nitrogens with zero attached hydrogens (tertiary/aromatic N) is 4. The van der Waals surface area contributed by atoms with E-state index >= 15 is 0 Å². The summed E-state index contributed by atoms with van der Waals surface area (Å²) in [5.41, 5.74) is -1.40. The zero-order valence-electron chi connectivity index (χ0n) is 14.8. The third-order valence-electron chi connectivity index (χ3n) is 4.47. The summed E-state index contributed by atoms with van der Waals surface area (Å²) in [6, 6.07) is 4.72. The number of carbonyl (C=O) groups excluding carboxylic acids is 1. The zero-order valence-corrected chi connectivity index (χ0v) is 15.5. The standard InChI is InChI=1S/C17H15ClF6N4O/c18-13-9-28(25-15(13)17(22,23)24)10-14(29)27-7-5-26(6-8-27)12-3-1-11(2-4-12)16(19,20)21/h1-4,9H,5-8,10H2. The summed E-state index contributed by atoms with van der Waals surface area (Å²) in [4.78, 5) is 15.6. The van der Waals surface area contributed by atoms with Crippen molar-refractivity contribution in [1.82, 2.24) is 14.7 Å². The van der Waals surface area contributed by atoms with Crippen LogP contribution in [0.3, 0.4) is 0 Å². The summed E-state index contributed by atoms with van der Waals surface area (Å²) in [6.07, 6.45) is -8.18. The van der Waals surface area contributed by atoms with Gasteiger partial charge in [0.05, 0.1) is 10.6 Å². The molecule has 2 aromatic rings. The summed E-state index contributed by atoms with van der Waals surface area (Å²) < 4.78 is 76.9. The number of alkyl halides is 6. The Bertz CT molecular complexity index is 870. The zero-order chi connectivity index (χ0) is 21.4. The number of benzene rings is 1. The normalized spacial score (nSPS) is 15.7. The smallest absolute Gasteiger partial charge is 0.368 e. The van der Waals surface area contributed by atoms with E-state index in [2.05, 4.69) is 5.10 Å².